The van der Waals surface area contributed by atoms with E-state index in [1.165, 1.54) is 0 Å². The molecule has 0 rings (SSSR count). The number of hydrogen-bond donors (Lipinski definition) is 0. The third-order valence-electron chi connectivity index (χ3n) is 1.74. The Morgan fingerprint density at radius 3 is 1.67 bits per heavy atom. The van der Waals surface area contributed by atoms with Crippen molar-refractivity contribution in [3.8, 4) is 0 Å². The Hall–Kier alpha value is -2.25. The molecular formula is C7H6F8N6O2S. The van der Waals surface area contributed by atoms with Gasteiger partial charge < -0.3 is 0 Å². The number of nitrogens with zero attached hydrogens (tertiary/aromatic N) is 6. The first-order valence-corrected chi connectivity index (χ1v) is 6.51. The normalized spacial score (nSPS) is 16.7. The van der Waals surface area contributed by atoms with Crippen LogP contribution in [0.5, 0.6) is 0 Å². The van der Waals surface area contributed by atoms with Crippen LogP contribution in [0.1, 0.15) is 0 Å². The maximum absolute atomic E-state index is 12.4. The molecule has 8 nitrogen and oxygen atoms in total. The summed E-state index contributed by atoms with van der Waals surface area (Å²) in [6, 6.07) is 0. The summed E-state index contributed by atoms with van der Waals surface area (Å²) in [5.74, 6) is 0. The van der Waals surface area contributed by atoms with Crippen LogP contribution in [0.25, 0.3) is 20.9 Å². The molecule has 0 aliphatic heterocycles. The van der Waals surface area contributed by atoms with Gasteiger partial charge in [0.25, 0.3) is 0 Å². The van der Waals surface area contributed by atoms with Crippen LogP contribution in [0.15, 0.2) is 21.4 Å². The number of azide groups is 1. The summed E-state index contributed by atoms with van der Waals surface area (Å²) in [6.07, 6.45) is -20.5. The van der Waals surface area contributed by atoms with Gasteiger partial charge in [0.05, 0.1) is 6.33 Å². The Kier molecular flexibility index (Phi) is 10.5. The molecule has 0 fully saturated rings. The summed E-state index contributed by atoms with van der Waals surface area (Å²) in [5.41, 5.74) is 15.0. The number of alkyl halides is 7. The van der Waals surface area contributed by atoms with E-state index < -0.39 is 47.4 Å². The number of halogens is 8. The summed E-state index contributed by atoms with van der Waals surface area (Å²) < 4.78 is 119. The van der Waals surface area contributed by atoms with Crippen LogP contribution in [0, 0.1) is 0 Å². The Morgan fingerprint density at radius 1 is 0.958 bits per heavy atom. The van der Waals surface area contributed by atoms with Gasteiger partial charge in [-0.3, -0.25) is 0 Å². The molecule has 138 valence electrons. The molecule has 0 radical (unpaired) electrons. The van der Waals surface area contributed by atoms with Crippen molar-refractivity contribution in [2.75, 3.05) is 0 Å². The molecule has 0 heterocycles. The summed E-state index contributed by atoms with van der Waals surface area (Å²) >= 11 is 0. The number of rotatable bonds is 6. The largest absolute Gasteiger partial charge is 0.422 e. The molecule has 0 aliphatic carbocycles. The molecule has 0 saturated heterocycles. The summed E-state index contributed by atoms with van der Waals surface area (Å²) in [6.45, 7) is 0. The van der Waals surface area contributed by atoms with Gasteiger partial charge in [0, 0.05) is 18.9 Å². The van der Waals surface area contributed by atoms with Crippen molar-refractivity contribution in [1.82, 2.24) is 0 Å². The molecule has 0 bridgehead atoms. The smallest absolute Gasteiger partial charge is 0.241 e. The van der Waals surface area contributed by atoms with Crippen molar-refractivity contribution in [2.24, 2.45) is 9.04 Å². The third-order valence-corrected chi connectivity index (χ3v) is 2.30. The van der Waals surface area contributed by atoms with Gasteiger partial charge in [-0.25, -0.2) is 30.4 Å². The fourth-order valence-corrected chi connectivity index (χ4v) is 1.02. The minimum absolute atomic E-state index is 0.152. The molecule has 0 aromatic rings. The van der Waals surface area contributed by atoms with E-state index in [2.05, 4.69) is 9.04 Å². The van der Waals surface area contributed by atoms with Gasteiger partial charge in [0.2, 0.25) is 6.17 Å². The van der Waals surface area contributed by atoms with E-state index in [0.717, 1.165) is 0 Å². The van der Waals surface area contributed by atoms with Crippen molar-refractivity contribution < 1.29 is 43.5 Å². The monoisotopic (exact) mass is 390 g/mol. The van der Waals surface area contributed by atoms with Gasteiger partial charge in [-0.15, -0.1) is 0 Å². The zero-order chi connectivity index (χ0) is 19.6. The Bertz CT molecular complexity index is 587. The highest BCUT2D eigenvalue weighted by Gasteiger charge is 2.50. The molecule has 0 N–H and O–H groups in total. The highest BCUT2D eigenvalue weighted by Crippen LogP contribution is 2.30. The van der Waals surface area contributed by atoms with Crippen LogP contribution >= 0.6 is 0 Å². The van der Waals surface area contributed by atoms with E-state index in [4.69, 9.17) is 11.1 Å². The third kappa shape index (κ3) is 9.70. The predicted octanol–water partition coefficient (Wildman–Crippen LogP) is 4.24. The lowest BCUT2D eigenvalue weighted by Gasteiger charge is -2.20. The van der Waals surface area contributed by atoms with E-state index >= 15 is 0 Å². The first kappa shape index (κ1) is 24.0. The number of hydrogen-bond acceptors (Lipinski definition) is 2. The lowest BCUT2D eigenvalue weighted by molar-refractivity contribution is -0.203. The van der Waals surface area contributed by atoms with E-state index in [1.807, 2.05) is 9.82 Å². The van der Waals surface area contributed by atoms with Crippen LogP contribution in [0.4, 0.5) is 35.1 Å². The molecule has 4 atom stereocenters. The van der Waals surface area contributed by atoms with Gasteiger partial charge in [-0.2, -0.15) is 13.2 Å². The van der Waals surface area contributed by atoms with Gasteiger partial charge in [0.15, 0.2) is 18.5 Å². The highest BCUT2D eigenvalue weighted by atomic mass is 32.2. The molecule has 0 saturated carbocycles. The first-order chi connectivity index (χ1) is 10.8. The molecular weight excluding hydrogens is 384 g/mol. The average molecular weight is 390 g/mol. The Balaban J connectivity index is 0. The molecule has 0 aromatic carbocycles. The van der Waals surface area contributed by atoms with E-state index in [-0.39, 0.29) is 6.08 Å². The second-order valence-corrected chi connectivity index (χ2v) is 4.61. The van der Waals surface area contributed by atoms with Crippen molar-refractivity contribution >= 4 is 10.2 Å². The molecule has 4 unspecified atom stereocenters. The topological polar surface area (TPSA) is 132 Å². The van der Waals surface area contributed by atoms with Crippen LogP contribution in [-0.2, 0) is 10.2 Å². The van der Waals surface area contributed by atoms with Crippen molar-refractivity contribution in [1.29, 1.82) is 0 Å². The van der Waals surface area contributed by atoms with Gasteiger partial charge in [-0.1, -0.05) is 0 Å². The van der Waals surface area contributed by atoms with E-state index in [1.54, 1.807) is 0 Å². The summed E-state index contributed by atoms with van der Waals surface area (Å²) in [7, 11) is -4.27. The Morgan fingerprint density at radius 2 is 1.38 bits per heavy atom. The summed E-state index contributed by atoms with van der Waals surface area (Å²) in [4.78, 5) is 3.80. The maximum atomic E-state index is 12.4. The van der Waals surface area contributed by atoms with Crippen molar-refractivity contribution in [3.63, 3.8) is 0 Å². The zero-order valence-corrected chi connectivity index (χ0v) is 11.7. The lowest BCUT2D eigenvalue weighted by Crippen LogP contribution is -2.42. The van der Waals surface area contributed by atoms with Crippen LogP contribution in [0.2, 0.25) is 0 Å². The fourth-order valence-electron chi connectivity index (χ4n) is 0.802. The van der Waals surface area contributed by atoms with E-state index in [9.17, 15) is 43.5 Å². The quantitative estimate of drug-likeness (QED) is 0.291. The molecule has 0 spiro atoms. The molecule has 17 heteroatoms. The zero-order valence-electron chi connectivity index (χ0n) is 10.9. The Labute approximate surface area is 128 Å². The average Bonchev–Trinajstić information content (AvgIpc) is 2.44. The minimum Gasteiger partial charge on any atom is -0.241 e. The second kappa shape index (κ2) is 10.5. The minimum atomic E-state index is -5.62. The van der Waals surface area contributed by atoms with Crippen LogP contribution < -0.4 is 0 Å². The van der Waals surface area contributed by atoms with Gasteiger partial charge in [0.1, 0.15) is 0 Å². The fraction of sp³-hybridized carbons (Fsp3) is 0.714. The van der Waals surface area contributed by atoms with E-state index in [0.29, 0.717) is 0 Å². The standard InChI is InChI=1S/C7H6F8.N6O2S/c8-2-1-3(9)4(10)5(11)6(12)7(13,14)15;1-3-5-9(7,8)6-4-2/h1-6H;. The highest BCUT2D eigenvalue weighted by molar-refractivity contribution is 7.88. The molecule has 24 heavy (non-hydrogen) atoms. The van der Waals surface area contributed by atoms with Crippen LogP contribution in [-0.4, -0.2) is 39.3 Å². The molecule has 0 aliphatic rings. The predicted molar refractivity (Wildman–Crippen MR) is 63.1 cm³/mol. The van der Waals surface area contributed by atoms with Crippen molar-refractivity contribution in [2.45, 2.75) is 30.9 Å². The summed E-state index contributed by atoms with van der Waals surface area (Å²) in [5, 5.41) is 0. The number of allylic oxidation sites excluding steroid dienone is 1. The second-order valence-electron chi connectivity index (χ2n) is 3.39. The molecule has 0 aromatic heterocycles. The lowest BCUT2D eigenvalue weighted by atomic mass is 10.1. The van der Waals surface area contributed by atoms with Crippen LogP contribution in [0.3, 0.4) is 0 Å². The SMILES string of the molecule is FC=CC(F)C(F)C(F)C(F)C(F)(F)F.[N-]=[N+]=NS(=O)(=O)N=[N+]=[N-]. The molecule has 0 amide bonds. The van der Waals surface area contributed by atoms with Gasteiger partial charge in [-0.05, 0) is 17.1 Å². The van der Waals surface area contributed by atoms with Crippen molar-refractivity contribution in [3.05, 3.63) is 33.3 Å². The maximum Gasteiger partial charge on any atom is 0.422 e. The van der Waals surface area contributed by atoms with Gasteiger partial charge >= 0.3 is 16.4 Å². The first-order valence-electron chi connectivity index (χ1n) is 5.11.